The van der Waals surface area contributed by atoms with Gasteiger partial charge in [0.2, 0.25) is 0 Å². The van der Waals surface area contributed by atoms with Crippen LogP contribution in [0, 0.1) is 5.92 Å². The number of primary amides is 1. The van der Waals surface area contributed by atoms with Gasteiger partial charge in [-0.15, -0.1) is 0 Å². The van der Waals surface area contributed by atoms with Gasteiger partial charge in [-0.1, -0.05) is 19.9 Å². The lowest BCUT2D eigenvalue weighted by Gasteiger charge is -2.23. The fourth-order valence-corrected chi connectivity index (χ4v) is 2.25. The number of pyridine rings is 1. The normalized spacial score (nSPS) is 12.1. The zero-order valence-corrected chi connectivity index (χ0v) is 14.5. The highest BCUT2D eigenvalue weighted by atomic mass is 16.2. The largest absolute Gasteiger partial charge is 0.364 e. The molecule has 0 saturated heterocycles. The molecule has 0 bridgehead atoms. The molecule has 8 nitrogen and oxygen atoms in total. The average Bonchev–Trinajstić information content (AvgIpc) is 2.45. The summed E-state index contributed by atoms with van der Waals surface area (Å²) in [5, 5.41) is 5.09. The van der Waals surface area contributed by atoms with Crippen molar-refractivity contribution in [1.29, 1.82) is 0 Å². The van der Waals surface area contributed by atoms with E-state index in [1.165, 1.54) is 18.2 Å². The predicted molar refractivity (Wildman–Crippen MR) is 91.3 cm³/mol. The molecule has 0 saturated carbocycles. The van der Waals surface area contributed by atoms with Crippen molar-refractivity contribution in [3.8, 4) is 0 Å². The quantitative estimate of drug-likeness (QED) is 0.616. The van der Waals surface area contributed by atoms with Gasteiger partial charge in [0.15, 0.2) is 0 Å². The van der Waals surface area contributed by atoms with Gasteiger partial charge in [-0.3, -0.25) is 14.4 Å². The molecule has 1 aromatic heterocycles. The van der Waals surface area contributed by atoms with Gasteiger partial charge < -0.3 is 21.3 Å². The minimum atomic E-state index is -0.836. The van der Waals surface area contributed by atoms with E-state index in [-0.39, 0.29) is 17.6 Å². The Labute approximate surface area is 141 Å². The molecule has 0 radical (unpaired) electrons. The van der Waals surface area contributed by atoms with E-state index in [4.69, 9.17) is 5.73 Å². The molecular weight excluding hydrogens is 310 g/mol. The van der Waals surface area contributed by atoms with Crippen molar-refractivity contribution in [2.24, 2.45) is 11.7 Å². The second-order valence-corrected chi connectivity index (χ2v) is 6.29. The van der Waals surface area contributed by atoms with Crippen LogP contribution in [0.1, 0.15) is 30.8 Å². The summed E-state index contributed by atoms with van der Waals surface area (Å²) in [5.74, 6) is -1.81. The van der Waals surface area contributed by atoms with E-state index in [2.05, 4.69) is 15.6 Å². The minimum absolute atomic E-state index is 0.0125. The lowest BCUT2D eigenvalue weighted by atomic mass is 10.0. The first-order valence-corrected chi connectivity index (χ1v) is 7.72. The number of nitrogens with zero attached hydrogens (tertiary/aromatic N) is 2. The van der Waals surface area contributed by atoms with Gasteiger partial charge in [0, 0.05) is 12.6 Å². The van der Waals surface area contributed by atoms with Gasteiger partial charge in [-0.05, 0) is 38.6 Å². The number of carbonyl (C=O) groups excluding carboxylic acids is 3. The number of rotatable bonds is 7. The van der Waals surface area contributed by atoms with E-state index in [9.17, 15) is 14.4 Å². The smallest absolute Gasteiger partial charge is 0.314 e. The maximum atomic E-state index is 12.1. The number of aromatic nitrogens is 1. The number of nitrogens with two attached hydrogens (primary N) is 1. The molecule has 1 rings (SSSR count). The van der Waals surface area contributed by atoms with Crippen LogP contribution in [0.3, 0.4) is 0 Å². The van der Waals surface area contributed by atoms with E-state index in [0.717, 1.165) is 6.42 Å². The molecule has 24 heavy (non-hydrogen) atoms. The lowest BCUT2D eigenvalue weighted by molar-refractivity contribution is -0.136. The summed E-state index contributed by atoms with van der Waals surface area (Å²) < 4.78 is 0. The zero-order chi connectivity index (χ0) is 18.3. The molecule has 0 aliphatic rings. The SMILES string of the molecule is CC(C)CC(CN(C)C)NC(=O)C(=O)Nc1cccc(C(N)=O)n1. The highest BCUT2D eigenvalue weighted by Gasteiger charge is 2.20. The van der Waals surface area contributed by atoms with Crippen LogP contribution in [-0.2, 0) is 9.59 Å². The molecule has 0 aliphatic carbocycles. The Bertz CT molecular complexity index is 591. The molecular formula is C16H25N5O3. The molecule has 1 unspecified atom stereocenters. The van der Waals surface area contributed by atoms with Crippen molar-refractivity contribution in [3.63, 3.8) is 0 Å². The van der Waals surface area contributed by atoms with Crippen LogP contribution in [0.4, 0.5) is 5.82 Å². The number of anilines is 1. The standard InChI is InChI=1S/C16H25N5O3/c1-10(2)8-11(9-21(3)4)18-15(23)16(24)20-13-7-5-6-12(19-13)14(17)22/h5-7,10-11H,8-9H2,1-4H3,(H2,17,22)(H,18,23)(H,19,20,24). The summed E-state index contributed by atoms with van der Waals surface area (Å²) in [4.78, 5) is 41.0. The molecule has 4 N–H and O–H groups in total. The second kappa shape index (κ2) is 8.97. The van der Waals surface area contributed by atoms with E-state index in [1.54, 1.807) is 0 Å². The first-order chi connectivity index (χ1) is 11.2. The number of hydrogen-bond donors (Lipinski definition) is 3. The third-order valence-corrected chi connectivity index (χ3v) is 3.13. The van der Waals surface area contributed by atoms with Crippen LogP contribution in [0.5, 0.6) is 0 Å². The third kappa shape index (κ3) is 6.74. The van der Waals surface area contributed by atoms with Crippen LogP contribution in [-0.4, -0.2) is 54.3 Å². The van der Waals surface area contributed by atoms with Gasteiger partial charge >= 0.3 is 11.8 Å². The Morgan fingerprint density at radius 3 is 2.42 bits per heavy atom. The highest BCUT2D eigenvalue weighted by molar-refractivity contribution is 6.39. The molecule has 8 heteroatoms. The summed E-state index contributed by atoms with van der Waals surface area (Å²) in [6.07, 6.45) is 0.757. The monoisotopic (exact) mass is 335 g/mol. The number of likely N-dealkylation sites (N-methyl/N-ethyl adjacent to an activating group) is 1. The Balaban J connectivity index is 2.70. The van der Waals surface area contributed by atoms with Crippen molar-refractivity contribution in [2.75, 3.05) is 26.0 Å². The van der Waals surface area contributed by atoms with Gasteiger partial charge in [-0.2, -0.15) is 0 Å². The summed E-state index contributed by atoms with van der Waals surface area (Å²) >= 11 is 0. The number of nitrogens with one attached hydrogen (secondary N) is 2. The van der Waals surface area contributed by atoms with E-state index < -0.39 is 17.7 Å². The zero-order valence-electron chi connectivity index (χ0n) is 14.5. The van der Waals surface area contributed by atoms with E-state index in [1.807, 2.05) is 32.8 Å². The topological polar surface area (TPSA) is 117 Å². The number of carbonyl (C=O) groups is 3. The average molecular weight is 335 g/mol. The molecule has 3 amide bonds. The Morgan fingerprint density at radius 2 is 1.88 bits per heavy atom. The lowest BCUT2D eigenvalue weighted by Crippen LogP contribution is -2.46. The van der Waals surface area contributed by atoms with Crippen molar-refractivity contribution >= 4 is 23.5 Å². The predicted octanol–water partition coefficient (Wildman–Crippen LogP) is 0.212. The fraction of sp³-hybridized carbons (Fsp3) is 0.500. The van der Waals surface area contributed by atoms with E-state index in [0.29, 0.717) is 12.5 Å². The molecule has 0 spiro atoms. The summed E-state index contributed by atoms with van der Waals surface area (Å²) in [7, 11) is 3.80. The van der Waals surface area contributed by atoms with Crippen molar-refractivity contribution in [3.05, 3.63) is 23.9 Å². The maximum absolute atomic E-state index is 12.1. The highest BCUT2D eigenvalue weighted by Crippen LogP contribution is 2.07. The van der Waals surface area contributed by atoms with Gasteiger partial charge in [0.25, 0.3) is 5.91 Å². The summed E-state index contributed by atoms with van der Waals surface area (Å²) in [6, 6.07) is 4.29. The Morgan fingerprint density at radius 1 is 1.21 bits per heavy atom. The first kappa shape index (κ1) is 19.6. The Kier molecular flexibility index (Phi) is 7.31. The molecule has 132 valence electrons. The van der Waals surface area contributed by atoms with Crippen LogP contribution in [0.25, 0.3) is 0 Å². The minimum Gasteiger partial charge on any atom is -0.364 e. The van der Waals surface area contributed by atoms with Crippen LogP contribution < -0.4 is 16.4 Å². The summed E-state index contributed by atoms with van der Waals surface area (Å²) in [5.41, 5.74) is 5.15. The number of hydrogen-bond acceptors (Lipinski definition) is 5. The van der Waals surface area contributed by atoms with Gasteiger partial charge in [0.1, 0.15) is 11.5 Å². The molecule has 1 heterocycles. The maximum Gasteiger partial charge on any atom is 0.314 e. The Hall–Kier alpha value is -2.48. The van der Waals surface area contributed by atoms with Crippen LogP contribution in [0.2, 0.25) is 0 Å². The van der Waals surface area contributed by atoms with Crippen molar-refractivity contribution in [1.82, 2.24) is 15.2 Å². The molecule has 0 fully saturated rings. The summed E-state index contributed by atoms with van der Waals surface area (Å²) in [6.45, 7) is 4.73. The van der Waals surface area contributed by atoms with Crippen molar-refractivity contribution < 1.29 is 14.4 Å². The van der Waals surface area contributed by atoms with Crippen LogP contribution in [0.15, 0.2) is 18.2 Å². The molecule has 0 aliphatic heterocycles. The first-order valence-electron chi connectivity index (χ1n) is 7.72. The molecule has 0 aromatic carbocycles. The molecule has 1 aromatic rings. The van der Waals surface area contributed by atoms with E-state index >= 15 is 0 Å². The second-order valence-electron chi connectivity index (χ2n) is 6.29. The third-order valence-electron chi connectivity index (χ3n) is 3.13. The molecule has 1 atom stereocenters. The number of amides is 3. The van der Waals surface area contributed by atoms with Gasteiger partial charge in [0.05, 0.1) is 0 Å². The van der Waals surface area contributed by atoms with Crippen molar-refractivity contribution in [2.45, 2.75) is 26.3 Å². The van der Waals surface area contributed by atoms with Crippen LogP contribution >= 0.6 is 0 Å². The van der Waals surface area contributed by atoms with Gasteiger partial charge in [-0.25, -0.2) is 4.98 Å². The fourth-order valence-electron chi connectivity index (χ4n) is 2.25.